The number of likely N-dealkylation sites (tertiary alicyclic amines) is 1. The molecule has 1 N–H and O–H groups in total. The normalized spacial score (nSPS) is 17.5. The molecule has 24 heavy (non-hydrogen) atoms. The summed E-state index contributed by atoms with van der Waals surface area (Å²) in [5.41, 5.74) is 2.93. The second-order valence-electron chi connectivity index (χ2n) is 6.37. The highest BCUT2D eigenvalue weighted by Crippen LogP contribution is 2.26. The molecule has 1 unspecified atom stereocenters. The first kappa shape index (κ1) is 14.9. The number of benzene rings is 2. The molecule has 2 aromatic carbocycles. The standard InChI is InChI=1S/C20H19FN2O/c21-16-9-7-14(8-10-16)20(24)23-11-3-4-17(23)12-15-13-22-19-6-2-1-5-18(15)19/h1-2,5-10,13,17,22H,3-4,11-12H2. The largest absolute Gasteiger partial charge is 0.361 e. The van der Waals surface area contributed by atoms with E-state index in [0.29, 0.717) is 5.56 Å². The highest BCUT2D eigenvalue weighted by atomic mass is 19.1. The summed E-state index contributed by atoms with van der Waals surface area (Å²) in [6.45, 7) is 0.767. The van der Waals surface area contributed by atoms with Gasteiger partial charge in [0.25, 0.3) is 5.91 Å². The number of halogens is 1. The Balaban J connectivity index is 1.56. The maximum absolute atomic E-state index is 13.1. The smallest absolute Gasteiger partial charge is 0.254 e. The number of para-hydroxylation sites is 1. The van der Waals surface area contributed by atoms with E-state index in [4.69, 9.17) is 0 Å². The molecule has 1 aliphatic rings. The monoisotopic (exact) mass is 322 g/mol. The van der Waals surface area contributed by atoms with Gasteiger partial charge in [-0.3, -0.25) is 4.79 Å². The quantitative estimate of drug-likeness (QED) is 0.772. The van der Waals surface area contributed by atoms with Crippen LogP contribution < -0.4 is 0 Å². The molecule has 1 fully saturated rings. The Labute approximate surface area is 140 Å². The molecule has 4 rings (SSSR count). The molecule has 3 aromatic rings. The zero-order chi connectivity index (χ0) is 16.5. The van der Waals surface area contributed by atoms with E-state index < -0.39 is 0 Å². The number of H-pyrrole nitrogens is 1. The number of nitrogens with zero attached hydrogens (tertiary/aromatic N) is 1. The molecular formula is C20H19FN2O. The molecule has 0 aliphatic carbocycles. The van der Waals surface area contributed by atoms with Crippen molar-refractivity contribution < 1.29 is 9.18 Å². The van der Waals surface area contributed by atoms with E-state index in [1.807, 2.05) is 23.2 Å². The summed E-state index contributed by atoms with van der Waals surface area (Å²) in [4.78, 5) is 18.0. The highest BCUT2D eigenvalue weighted by molar-refractivity contribution is 5.94. The van der Waals surface area contributed by atoms with Crippen LogP contribution >= 0.6 is 0 Å². The molecule has 0 radical (unpaired) electrons. The molecule has 0 saturated carbocycles. The van der Waals surface area contributed by atoms with E-state index in [1.165, 1.54) is 23.1 Å². The van der Waals surface area contributed by atoms with Gasteiger partial charge in [-0.15, -0.1) is 0 Å². The van der Waals surface area contributed by atoms with E-state index in [9.17, 15) is 9.18 Å². The first-order valence-electron chi connectivity index (χ1n) is 8.34. The van der Waals surface area contributed by atoms with Gasteiger partial charge in [-0.25, -0.2) is 4.39 Å². The molecular weight excluding hydrogens is 303 g/mol. The maximum Gasteiger partial charge on any atom is 0.254 e. The van der Waals surface area contributed by atoms with Crippen LogP contribution in [0.5, 0.6) is 0 Å². The molecule has 3 nitrogen and oxygen atoms in total. The summed E-state index contributed by atoms with van der Waals surface area (Å²) < 4.78 is 13.1. The molecule has 122 valence electrons. The Kier molecular flexibility index (Phi) is 3.81. The van der Waals surface area contributed by atoms with E-state index in [0.717, 1.165) is 31.3 Å². The Morgan fingerprint density at radius 1 is 1.17 bits per heavy atom. The van der Waals surface area contributed by atoms with E-state index in [1.54, 1.807) is 12.1 Å². The molecule has 4 heteroatoms. The minimum absolute atomic E-state index is 0.00246. The minimum atomic E-state index is -0.316. The number of amides is 1. The van der Waals surface area contributed by atoms with Gasteiger partial charge in [-0.1, -0.05) is 18.2 Å². The van der Waals surface area contributed by atoms with Crippen LogP contribution in [0.2, 0.25) is 0 Å². The average Bonchev–Trinajstić information content (AvgIpc) is 3.23. The highest BCUT2D eigenvalue weighted by Gasteiger charge is 2.30. The number of carbonyl (C=O) groups is 1. The lowest BCUT2D eigenvalue weighted by molar-refractivity contribution is 0.0736. The Bertz CT molecular complexity index is 869. The van der Waals surface area contributed by atoms with Gasteiger partial charge in [0.1, 0.15) is 5.82 Å². The predicted molar refractivity (Wildman–Crippen MR) is 92.5 cm³/mol. The van der Waals surface area contributed by atoms with Gasteiger partial charge in [-0.2, -0.15) is 0 Å². The third kappa shape index (κ3) is 2.68. The lowest BCUT2D eigenvalue weighted by Gasteiger charge is -2.25. The van der Waals surface area contributed by atoms with Crippen molar-refractivity contribution in [1.29, 1.82) is 0 Å². The van der Waals surface area contributed by atoms with Gasteiger partial charge < -0.3 is 9.88 Å². The van der Waals surface area contributed by atoms with Crippen LogP contribution in [0.1, 0.15) is 28.8 Å². The topological polar surface area (TPSA) is 36.1 Å². The van der Waals surface area contributed by atoms with Gasteiger partial charge in [0.15, 0.2) is 0 Å². The van der Waals surface area contributed by atoms with Crippen molar-refractivity contribution in [3.05, 3.63) is 71.7 Å². The number of rotatable bonds is 3. The summed E-state index contributed by atoms with van der Waals surface area (Å²) in [5.74, 6) is -0.319. The molecule has 1 amide bonds. The third-order valence-electron chi connectivity index (χ3n) is 4.86. The summed E-state index contributed by atoms with van der Waals surface area (Å²) >= 11 is 0. The van der Waals surface area contributed by atoms with Gasteiger partial charge >= 0.3 is 0 Å². The predicted octanol–water partition coefficient (Wildman–Crippen LogP) is 4.15. The van der Waals surface area contributed by atoms with E-state index in [-0.39, 0.29) is 17.8 Å². The van der Waals surface area contributed by atoms with Crippen molar-refractivity contribution >= 4 is 16.8 Å². The molecule has 1 saturated heterocycles. The fraction of sp³-hybridized carbons (Fsp3) is 0.250. The van der Waals surface area contributed by atoms with Crippen LogP contribution in [0.25, 0.3) is 10.9 Å². The number of aromatic nitrogens is 1. The minimum Gasteiger partial charge on any atom is -0.361 e. The summed E-state index contributed by atoms with van der Waals surface area (Å²) in [6, 6.07) is 14.3. The molecule has 0 bridgehead atoms. The van der Waals surface area contributed by atoms with Crippen LogP contribution in [-0.2, 0) is 6.42 Å². The average molecular weight is 322 g/mol. The van der Waals surface area contributed by atoms with Gasteiger partial charge in [0.05, 0.1) is 0 Å². The second-order valence-corrected chi connectivity index (χ2v) is 6.37. The van der Waals surface area contributed by atoms with Gasteiger partial charge in [0.2, 0.25) is 0 Å². The fourth-order valence-electron chi connectivity index (χ4n) is 3.63. The van der Waals surface area contributed by atoms with Gasteiger partial charge in [-0.05, 0) is 55.2 Å². The number of hydrogen-bond acceptors (Lipinski definition) is 1. The number of fused-ring (bicyclic) bond motifs is 1. The van der Waals surface area contributed by atoms with Crippen LogP contribution in [0.4, 0.5) is 4.39 Å². The van der Waals surface area contributed by atoms with Crippen molar-refractivity contribution in [1.82, 2.24) is 9.88 Å². The lowest BCUT2D eigenvalue weighted by atomic mass is 10.0. The Hall–Kier alpha value is -2.62. The van der Waals surface area contributed by atoms with Crippen molar-refractivity contribution in [2.24, 2.45) is 0 Å². The number of carbonyl (C=O) groups excluding carboxylic acids is 1. The molecule has 2 heterocycles. The van der Waals surface area contributed by atoms with Gasteiger partial charge in [0, 0.05) is 35.2 Å². The summed E-state index contributed by atoms with van der Waals surface area (Å²) in [6.07, 6.45) is 4.91. The number of hydrogen-bond donors (Lipinski definition) is 1. The zero-order valence-corrected chi connectivity index (χ0v) is 13.3. The maximum atomic E-state index is 13.1. The van der Waals surface area contributed by atoms with Crippen LogP contribution in [0, 0.1) is 5.82 Å². The molecule has 1 aliphatic heterocycles. The Morgan fingerprint density at radius 3 is 2.79 bits per heavy atom. The molecule has 1 atom stereocenters. The first-order valence-corrected chi connectivity index (χ1v) is 8.34. The van der Waals surface area contributed by atoms with Crippen LogP contribution in [0.3, 0.4) is 0 Å². The third-order valence-corrected chi connectivity index (χ3v) is 4.86. The zero-order valence-electron chi connectivity index (χ0n) is 13.3. The summed E-state index contributed by atoms with van der Waals surface area (Å²) in [5, 5.41) is 1.22. The van der Waals surface area contributed by atoms with E-state index >= 15 is 0 Å². The Morgan fingerprint density at radius 2 is 1.96 bits per heavy atom. The summed E-state index contributed by atoms with van der Waals surface area (Å²) in [7, 11) is 0. The SMILES string of the molecule is O=C(c1ccc(F)cc1)N1CCCC1Cc1c[nH]c2ccccc12. The number of nitrogens with one attached hydrogen (secondary N) is 1. The molecule has 0 spiro atoms. The van der Waals surface area contributed by atoms with E-state index in [2.05, 4.69) is 17.1 Å². The van der Waals surface area contributed by atoms with Crippen LogP contribution in [-0.4, -0.2) is 28.4 Å². The van der Waals surface area contributed by atoms with Crippen molar-refractivity contribution in [2.75, 3.05) is 6.54 Å². The second kappa shape index (κ2) is 6.11. The first-order chi connectivity index (χ1) is 11.7. The van der Waals surface area contributed by atoms with Crippen molar-refractivity contribution in [2.45, 2.75) is 25.3 Å². The lowest BCUT2D eigenvalue weighted by Crippen LogP contribution is -2.36. The van der Waals surface area contributed by atoms with Crippen molar-refractivity contribution in [3.8, 4) is 0 Å². The number of aromatic amines is 1. The fourth-order valence-corrected chi connectivity index (χ4v) is 3.63. The van der Waals surface area contributed by atoms with Crippen LogP contribution in [0.15, 0.2) is 54.7 Å². The molecule has 1 aromatic heterocycles. The van der Waals surface area contributed by atoms with Crippen molar-refractivity contribution in [3.63, 3.8) is 0 Å².